The predicted molar refractivity (Wildman–Crippen MR) is 40.3 cm³/mol. The molecule has 1 N–H and O–H groups in total. The van der Waals surface area contributed by atoms with Crippen LogP contribution in [0, 0.1) is 0 Å². The van der Waals surface area contributed by atoms with Crippen LogP contribution in [-0.4, -0.2) is 42.2 Å². The summed E-state index contributed by atoms with van der Waals surface area (Å²) >= 11 is 0. The molecule has 0 aromatic heterocycles. The van der Waals surface area contributed by atoms with Gasteiger partial charge in [0.15, 0.2) is 0 Å². The van der Waals surface area contributed by atoms with Gasteiger partial charge in [0, 0.05) is 19.5 Å². The molecule has 0 aromatic rings. The first-order valence-corrected chi connectivity index (χ1v) is 3.35. The molecule has 0 atom stereocenters. The molecule has 0 aromatic carbocycles. The fourth-order valence-electron chi connectivity index (χ4n) is 1.14. The Labute approximate surface area is 70.6 Å². The highest BCUT2D eigenvalue weighted by molar-refractivity contribution is 5.85. The van der Waals surface area contributed by atoms with Crippen molar-refractivity contribution in [3.05, 3.63) is 0 Å². The number of alkyl halides is 2. The third-order valence-corrected chi connectivity index (χ3v) is 1.66. The van der Waals surface area contributed by atoms with Gasteiger partial charge in [-0.1, -0.05) is 0 Å². The Morgan fingerprint density at radius 1 is 1.45 bits per heavy atom. The summed E-state index contributed by atoms with van der Waals surface area (Å²) in [4.78, 5) is 1.57. The fourth-order valence-corrected chi connectivity index (χ4v) is 1.14. The van der Waals surface area contributed by atoms with Gasteiger partial charge >= 0.3 is 0 Å². The minimum atomic E-state index is -2.52. The standard InChI is InChI=1S/C6H11F2NO.ClH/c7-6(8)1-2-9(5-6)3-4-10;/h10H,1-5H2;1H. The summed E-state index contributed by atoms with van der Waals surface area (Å²) < 4.78 is 24.8. The van der Waals surface area contributed by atoms with Crippen molar-refractivity contribution in [1.82, 2.24) is 4.90 Å². The van der Waals surface area contributed by atoms with Crippen LogP contribution in [0.15, 0.2) is 0 Å². The van der Waals surface area contributed by atoms with E-state index in [2.05, 4.69) is 0 Å². The second-order valence-electron chi connectivity index (χ2n) is 2.61. The van der Waals surface area contributed by atoms with E-state index >= 15 is 0 Å². The van der Waals surface area contributed by atoms with E-state index in [4.69, 9.17) is 5.11 Å². The van der Waals surface area contributed by atoms with Crippen LogP contribution in [0.2, 0.25) is 0 Å². The third kappa shape index (κ3) is 3.31. The lowest BCUT2D eigenvalue weighted by molar-refractivity contribution is 0.0110. The third-order valence-electron chi connectivity index (χ3n) is 1.66. The zero-order valence-corrected chi connectivity index (χ0v) is 6.91. The number of hydrogen-bond acceptors (Lipinski definition) is 2. The molecule has 0 aliphatic carbocycles. The molecule has 0 saturated carbocycles. The first kappa shape index (κ1) is 11.1. The van der Waals surface area contributed by atoms with Crippen molar-refractivity contribution in [3.8, 4) is 0 Å². The summed E-state index contributed by atoms with van der Waals surface area (Å²) in [7, 11) is 0. The summed E-state index contributed by atoms with van der Waals surface area (Å²) in [6.07, 6.45) is -0.0625. The molecule has 1 saturated heterocycles. The highest BCUT2D eigenvalue weighted by Crippen LogP contribution is 2.25. The van der Waals surface area contributed by atoms with Crippen LogP contribution >= 0.6 is 12.4 Å². The number of likely N-dealkylation sites (tertiary alicyclic amines) is 1. The molecule has 1 fully saturated rings. The molecule has 5 heteroatoms. The Morgan fingerprint density at radius 2 is 2.09 bits per heavy atom. The van der Waals surface area contributed by atoms with Crippen molar-refractivity contribution in [2.75, 3.05) is 26.2 Å². The molecule has 1 heterocycles. The van der Waals surface area contributed by atoms with E-state index in [9.17, 15) is 8.78 Å². The zero-order valence-electron chi connectivity index (χ0n) is 6.09. The van der Waals surface area contributed by atoms with Crippen LogP contribution in [0.5, 0.6) is 0 Å². The maximum absolute atomic E-state index is 12.4. The van der Waals surface area contributed by atoms with Gasteiger partial charge in [-0.3, -0.25) is 4.90 Å². The highest BCUT2D eigenvalue weighted by Gasteiger charge is 2.37. The average molecular weight is 188 g/mol. The van der Waals surface area contributed by atoms with Gasteiger partial charge in [0.1, 0.15) is 0 Å². The number of aliphatic hydroxyl groups excluding tert-OH is 1. The van der Waals surface area contributed by atoms with Crippen LogP contribution in [-0.2, 0) is 0 Å². The maximum atomic E-state index is 12.4. The maximum Gasteiger partial charge on any atom is 0.261 e. The Balaban J connectivity index is 0.000001000. The number of hydrogen-bond donors (Lipinski definition) is 1. The van der Waals surface area contributed by atoms with Crippen molar-refractivity contribution < 1.29 is 13.9 Å². The average Bonchev–Trinajstić information content (AvgIpc) is 2.12. The molecule has 1 aliphatic heterocycles. The normalized spacial score (nSPS) is 23.2. The number of nitrogens with zero attached hydrogens (tertiary/aromatic N) is 1. The van der Waals surface area contributed by atoms with Gasteiger partial charge in [0.05, 0.1) is 13.2 Å². The molecule has 1 rings (SSSR count). The van der Waals surface area contributed by atoms with E-state index < -0.39 is 5.92 Å². The zero-order chi connectivity index (χ0) is 7.61. The van der Waals surface area contributed by atoms with E-state index in [1.165, 1.54) is 0 Å². The Bertz CT molecular complexity index is 123. The van der Waals surface area contributed by atoms with E-state index in [1.807, 2.05) is 0 Å². The molecule has 1 aliphatic rings. The van der Waals surface area contributed by atoms with Crippen molar-refractivity contribution in [3.63, 3.8) is 0 Å². The van der Waals surface area contributed by atoms with Crippen LogP contribution in [0.4, 0.5) is 8.78 Å². The molecule has 0 bridgehead atoms. The summed E-state index contributed by atoms with van der Waals surface area (Å²) in [6, 6.07) is 0. The molecular formula is C6H12ClF2NO. The largest absolute Gasteiger partial charge is 0.395 e. The second kappa shape index (κ2) is 4.18. The van der Waals surface area contributed by atoms with E-state index in [0.29, 0.717) is 13.1 Å². The van der Waals surface area contributed by atoms with Crippen molar-refractivity contribution in [2.24, 2.45) is 0 Å². The molecule has 0 unspecified atom stereocenters. The second-order valence-corrected chi connectivity index (χ2v) is 2.61. The molecule has 2 nitrogen and oxygen atoms in total. The Morgan fingerprint density at radius 3 is 2.45 bits per heavy atom. The van der Waals surface area contributed by atoms with Gasteiger partial charge in [0.25, 0.3) is 5.92 Å². The molecular weight excluding hydrogens is 176 g/mol. The summed E-state index contributed by atoms with van der Waals surface area (Å²) in [5, 5.41) is 8.41. The minimum absolute atomic E-state index is 0. The van der Waals surface area contributed by atoms with Crippen molar-refractivity contribution >= 4 is 12.4 Å². The van der Waals surface area contributed by atoms with E-state index in [1.54, 1.807) is 4.90 Å². The van der Waals surface area contributed by atoms with Crippen LogP contribution in [0.1, 0.15) is 6.42 Å². The lowest BCUT2D eigenvalue weighted by atomic mass is 10.3. The number of rotatable bonds is 2. The lowest BCUT2D eigenvalue weighted by Gasteiger charge is -2.12. The van der Waals surface area contributed by atoms with Gasteiger partial charge in [-0.25, -0.2) is 8.78 Å². The molecule has 11 heavy (non-hydrogen) atoms. The van der Waals surface area contributed by atoms with E-state index in [0.717, 1.165) is 0 Å². The molecule has 0 spiro atoms. The van der Waals surface area contributed by atoms with Gasteiger partial charge < -0.3 is 5.11 Å². The van der Waals surface area contributed by atoms with Crippen LogP contribution < -0.4 is 0 Å². The minimum Gasteiger partial charge on any atom is -0.395 e. The molecule has 68 valence electrons. The Kier molecular flexibility index (Phi) is 4.21. The summed E-state index contributed by atoms with van der Waals surface area (Å²) in [5.41, 5.74) is 0. The predicted octanol–water partition coefficient (Wildman–Crippen LogP) is 0.742. The van der Waals surface area contributed by atoms with Crippen LogP contribution in [0.3, 0.4) is 0 Å². The van der Waals surface area contributed by atoms with Gasteiger partial charge in [-0.05, 0) is 0 Å². The SMILES string of the molecule is Cl.OCCN1CCC(F)(F)C1. The summed E-state index contributed by atoms with van der Waals surface area (Å²) in [6.45, 7) is 0.562. The smallest absolute Gasteiger partial charge is 0.261 e. The topological polar surface area (TPSA) is 23.5 Å². The van der Waals surface area contributed by atoms with Gasteiger partial charge in [-0.2, -0.15) is 0 Å². The number of β-amino-alcohol motifs (C(OH)–C–C–N with tert-alkyl or cyclic N) is 1. The highest BCUT2D eigenvalue weighted by atomic mass is 35.5. The van der Waals surface area contributed by atoms with Gasteiger partial charge in [0.2, 0.25) is 0 Å². The van der Waals surface area contributed by atoms with E-state index in [-0.39, 0.29) is 32.0 Å². The monoisotopic (exact) mass is 187 g/mol. The number of halogens is 3. The van der Waals surface area contributed by atoms with Crippen molar-refractivity contribution in [1.29, 1.82) is 0 Å². The quantitative estimate of drug-likeness (QED) is 0.690. The van der Waals surface area contributed by atoms with Crippen LogP contribution in [0.25, 0.3) is 0 Å². The van der Waals surface area contributed by atoms with Crippen molar-refractivity contribution in [2.45, 2.75) is 12.3 Å². The van der Waals surface area contributed by atoms with Gasteiger partial charge in [-0.15, -0.1) is 12.4 Å². The lowest BCUT2D eigenvalue weighted by Crippen LogP contribution is -2.27. The fraction of sp³-hybridized carbons (Fsp3) is 1.00. The number of aliphatic hydroxyl groups is 1. The molecule has 0 amide bonds. The summed E-state index contributed by atoms with van der Waals surface area (Å²) in [5.74, 6) is -2.52. The molecule has 0 radical (unpaired) electrons. The first-order chi connectivity index (χ1) is 4.64. The first-order valence-electron chi connectivity index (χ1n) is 3.35. The Hall–Kier alpha value is 0.0700.